The van der Waals surface area contributed by atoms with Crippen LogP contribution in [0.3, 0.4) is 0 Å². The highest BCUT2D eigenvalue weighted by atomic mass is 19.4. The summed E-state index contributed by atoms with van der Waals surface area (Å²) in [5.41, 5.74) is 1.88. The number of halogens is 3. The molecule has 0 aliphatic heterocycles. The molecule has 6 heteroatoms. The molecule has 120 valence electrons. The number of hydrogen-bond donors (Lipinski definition) is 1. The molecule has 3 rings (SSSR count). The van der Waals surface area contributed by atoms with Crippen LogP contribution in [0.25, 0.3) is 11.6 Å². The molecule has 0 saturated heterocycles. The molecule has 0 atom stereocenters. The average molecular weight is 320 g/mol. The molecule has 23 heavy (non-hydrogen) atoms. The van der Waals surface area contributed by atoms with E-state index >= 15 is 0 Å². The van der Waals surface area contributed by atoms with Crippen LogP contribution >= 0.6 is 0 Å². The SMILES string of the molecule is CC1=c2nc(Nc3ccc(OC(F)(F)F)cc3)ccc2=CCC1. The number of ether oxygens (including phenoxy) is 1. The molecule has 1 aromatic heterocycles. The molecular formula is C17H15F3N2O. The van der Waals surface area contributed by atoms with Crippen LogP contribution in [0, 0.1) is 0 Å². The fourth-order valence-corrected chi connectivity index (χ4v) is 2.50. The van der Waals surface area contributed by atoms with E-state index < -0.39 is 6.36 Å². The average Bonchev–Trinajstić information content (AvgIpc) is 2.49. The zero-order valence-corrected chi connectivity index (χ0v) is 12.4. The van der Waals surface area contributed by atoms with Crippen LogP contribution < -0.4 is 20.6 Å². The first kappa shape index (κ1) is 15.4. The van der Waals surface area contributed by atoms with Gasteiger partial charge in [0.05, 0.1) is 5.35 Å². The molecule has 1 aliphatic carbocycles. The molecule has 0 bridgehead atoms. The van der Waals surface area contributed by atoms with Crippen molar-refractivity contribution in [1.29, 1.82) is 0 Å². The molecule has 1 aliphatic rings. The predicted molar refractivity (Wildman–Crippen MR) is 82.7 cm³/mol. The van der Waals surface area contributed by atoms with Crippen molar-refractivity contribution >= 4 is 23.2 Å². The molecule has 0 spiro atoms. The van der Waals surface area contributed by atoms with E-state index in [1.165, 1.54) is 29.8 Å². The smallest absolute Gasteiger partial charge is 0.406 e. The Morgan fingerprint density at radius 2 is 1.83 bits per heavy atom. The second-order valence-electron chi connectivity index (χ2n) is 5.35. The van der Waals surface area contributed by atoms with E-state index in [9.17, 15) is 13.2 Å². The van der Waals surface area contributed by atoms with Crippen molar-refractivity contribution in [1.82, 2.24) is 4.98 Å². The number of nitrogens with one attached hydrogen (secondary N) is 1. The van der Waals surface area contributed by atoms with Crippen molar-refractivity contribution in [2.75, 3.05) is 5.32 Å². The summed E-state index contributed by atoms with van der Waals surface area (Å²) in [5.74, 6) is 0.406. The number of anilines is 2. The number of rotatable bonds is 3. The summed E-state index contributed by atoms with van der Waals surface area (Å²) >= 11 is 0. The van der Waals surface area contributed by atoms with Crippen molar-refractivity contribution < 1.29 is 17.9 Å². The summed E-state index contributed by atoms with van der Waals surface area (Å²) in [7, 11) is 0. The van der Waals surface area contributed by atoms with E-state index in [0.29, 0.717) is 11.5 Å². The van der Waals surface area contributed by atoms with Gasteiger partial charge in [-0.05, 0) is 67.0 Å². The predicted octanol–water partition coefficient (Wildman–Crippen LogP) is 3.47. The maximum atomic E-state index is 12.1. The molecule has 0 fully saturated rings. The van der Waals surface area contributed by atoms with Gasteiger partial charge < -0.3 is 10.1 Å². The minimum atomic E-state index is -4.68. The summed E-state index contributed by atoms with van der Waals surface area (Å²) in [6.07, 6.45) is -0.512. The van der Waals surface area contributed by atoms with Crippen molar-refractivity contribution in [3.8, 4) is 5.75 Å². The van der Waals surface area contributed by atoms with Crippen molar-refractivity contribution in [2.24, 2.45) is 0 Å². The minimum absolute atomic E-state index is 0.250. The lowest BCUT2D eigenvalue weighted by Gasteiger charge is -2.11. The summed E-state index contributed by atoms with van der Waals surface area (Å²) in [6.45, 7) is 2.06. The van der Waals surface area contributed by atoms with Crippen molar-refractivity contribution in [3.05, 3.63) is 47.0 Å². The molecule has 1 N–H and O–H groups in total. The van der Waals surface area contributed by atoms with Gasteiger partial charge >= 0.3 is 6.36 Å². The van der Waals surface area contributed by atoms with Crippen LogP contribution in [-0.4, -0.2) is 11.3 Å². The zero-order valence-electron chi connectivity index (χ0n) is 12.4. The Bertz CT molecular complexity index is 826. The Labute approximate surface area is 131 Å². The lowest BCUT2D eigenvalue weighted by atomic mass is 10.0. The van der Waals surface area contributed by atoms with E-state index in [1.807, 2.05) is 12.1 Å². The number of alkyl halides is 3. The number of nitrogens with zero attached hydrogens (tertiary/aromatic N) is 1. The number of aromatic nitrogens is 1. The molecule has 2 aromatic rings. The van der Waals surface area contributed by atoms with E-state index in [0.717, 1.165) is 23.4 Å². The Morgan fingerprint density at radius 3 is 2.52 bits per heavy atom. The van der Waals surface area contributed by atoms with Crippen LogP contribution in [0.4, 0.5) is 24.7 Å². The van der Waals surface area contributed by atoms with E-state index in [1.54, 1.807) is 0 Å². The lowest BCUT2D eigenvalue weighted by Crippen LogP contribution is -2.32. The van der Waals surface area contributed by atoms with Gasteiger partial charge in [0.15, 0.2) is 0 Å². The third-order valence-corrected chi connectivity index (χ3v) is 3.57. The third kappa shape index (κ3) is 3.83. The van der Waals surface area contributed by atoms with Crippen LogP contribution in [0.2, 0.25) is 0 Å². The van der Waals surface area contributed by atoms with E-state index in [2.05, 4.69) is 28.0 Å². The van der Waals surface area contributed by atoms with Crippen LogP contribution in [0.15, 0.2) is 36.4 Å². The Kier molecular flexibility index (Phi) is 3.98. The molecule has 1 aromatic carbocycles. The maximum Gasteiger partial charge on any atom is 0.573 e. The normalized spacial score (nSPS) is 14.0. The van der Waals surface area contributed by atoms with Gasteiger partial charge in [0.1, 0.15) is 11.6 Å². The largest absolute Gasteiger partial charge is 0.573 e. The molecule has 0 unspecified atom stereocenters. The molecular weight excluding hydrogens is 305 g/mol. The summed E-state index contributed by atoms with van der Waals surface area (Å²) in [4.78, 5) is 4.58. The summed E-state index contributed by atoms with van der Waals surface area (Å²) < 4.78 is 40.2. The topological polar surface area (TPSA) is 34.2 Å². The zero-order chi connectivity index (χ0) is 16.4. The fourth-order valence-electron chi connectivity index (χ4n) is 2.50. The highest BCUT2D eigenvalue weighted by Crippen LogP contribution is 2.24. The van der Waals surface area contributed by atoms with Gasteiger partial charge in [0.25, 0.3) is 0 Å². The lowest BCUT2D eigenvalue weighted by molar-refractivity contribution is -0.274. The van der Waals surface area contributed by atoms with Gasteiger partial charge in [0.2, 0.25) is 0 Å². The quantitative estimate of drug-likeness (QED) is 0.940. The van der Waals surface area contributed by atoms with Crippen molar-refractivity contribution in [2.45, 2.75) is 26.1 Å². The highest BCUT2D eigenvalue weighted by Gasteiger charge is 2.30. The highest BCUT2D eigenvalue weighted by molar-refractivity contribution is 5.58. The molecule has 3 nitrogen and oxygen atoms in total. The van der Waals surface area contributed by atoms with Gasteiger partial charge in [-0.25, -0.2) is 4.98 Å². The maximum absolute atomic E-state index is 12.1. The number of fused-ring (bicyclic) bond motifs is 1. The Morgan fingerprint density at radius 1 is 1.09 bits per heavy atom. The Balaban J connectivity index is 1.81. The van der Waals surface area contributed by atoms with Gasteiger partial charge in [-0.2, -0.15) is 0 Å². The minimum Gasteiger partial charge on any atom is -0.406 e. The number of pyridine rings is 1. The summed E-state index contributed by atoms with van der Waals surface area (Å²) in [6, 6.07) is 9.41. The van der Waals surface area contributed by atoms with Gasteiger partial charge in [0, 0.05) is 5.69 Å². The standard InChI is InChI=1S/C17H15F3N2O/c1-11-3-2-4-12-5-10-15(22-16(11)12)21-13-6-8-14(9-7-13)23-17(18,19)20/h4-10H,2-3H2,1H3,(H,21,22). The molecule has 0 saturated carbocycles. The van der Waals surface area contributed by atoms with Crippen molar-refractivity contribution in [3.63, 3.8) is 0 Å². The summed E-state index contributed by atoms with van der Waals surface area (Å²) in [5, 5.41) is 5.18. The van der Waals surface area contributed by atoms with Crippen LogP contribution in [-0.2, 0) is 0 Å². The fraction of sp³-hybridized carbons (Fsp3) is 0.235. The van der Waals surface area contributed by atoms with Gasteiger partial charge in [-0.3, -0.25) is 0 Å². The Hall–Kier alpha value is -2.50. The van der Waals surface area contributed by atoms with Gasteiger partial charge in [-0.15, -0.1) is 13.2 Å². The van der Waals surface area contributed by atoms with Gasteiger partial charge in [-0.1, -0.05) is 6.08 Å². The first-order valence-corrected chi connectivity index (χ1v) is 7.20. The van der Waals surface area contributed by atoms with Crippen LogP contribution in [0.1, 0.15) is 19.8 Å². The molecule has 0 amide bonds. The monoisotopic (exact) mass is 320 g/mol. The first-order valence-electron chi connectivity index (χ1n) is 7.20. The van der Waals surface area contributed by atoms with E-state index in [4.69, 9.17) is 0 Å². The molecule has 0 radical (unpaired) electrons. The second kappa shape index (κ2) is 5.95. The first-order chi connectivity index (χ1) is 10.9. The number of benzene rings is 1. The number of hydrogen-bond acceptors (Lipinski definition) is 3. The second-order valence-corrected chi connectivity index (χ2v) is 5.35. The van der Waals surface area contributed by atoms with E-state index in [-0.39, 0.29) is 5.75 Å². The molecule has 1 heterocycles. The third-order valence-electron chi connectivity index (χ3n) is 3.57. The van der Waals surface area contributed by atoms with Crippen LogP contribution in [0.5, 0.6) is 5.75 Å².